The maximum atomic E-state index is 13.5. The summed E-state index contributed by atoms with van der Waals surface area (Å²) in [4.78, 5) is 25.7. The molecule has 1 aliphatic heterocycles. The van der Waals surface area contributed by atoms with Gasteiger partial charge in [0.05, 0.1) is 5.56 Å². The van der Waals surface area contributed by atoms with Crippen molar-refractivity contribution in [3.63, 3.8) is 0 Å². The number of rotatable bonds is 5. The van der Waals surface area contributed by atoms with Crippen LogP contribution in [0.25, 0.3) is 0 Å². The van der Waals surface area contributed by atoms with E-state index in [0.29, 0.717) is 25.7 Å². The Hall–Kier alpha value is -1.82. The van der Waals surface area contributed by atoms with Crippen molar-refractivity contribution in [3.8, 4) is 0 Å². The topological polar surface area (TPSA) is 63.4 Å². The molecule has 0 aromatic heterocycles. The average Bonchev–Trinajstić information content (AvgIpc) is 2.88. The number of nitrogens with zero attached hydrogens (tertiary/aromatic N) is 1. The smallest absolute Gasteiger partial charge is 0.223 e. The predicted octanol–water partition coefficient (Wildman–Crippen LogP) is 2.12. The predicted molar refractivity (Wildman–Crippen MR) is 78.3 cm³/mol. The molecule has 1 aliphatic rings. The molecular weight excluding hydrogens is 290 g/mol. The van der Waals surface area contributed by atoms with E-state index in [-0.39, 0.29) is 29.7 Å². The zero-order chi connectivity index (χ0) is 16.3. The molecule has 0 spiro atoms. The van der Waals surface area contributed by atoms with Crippen LogP contribution in [0.5, 0.6) is 0 Å². The average molecular weight is 310 g/mol. The summed E-state index contributed by atoms with van der Waals surface area (Å²) >= 11 is 0. The first-order chi connectivity index (χ1) is 10.3. The van der Waals surface area contributed by atoms with Crippen LogP contribution in [0.1, 0.15) is 36.5 Å². The summed E-state index contributed by atoms with van der Waals surface area (Å²) in [5.41, 5.74) is 5.45. The number of nitrogens with two attached hydrogens (primary N) is 1. The van der Waals surface area contributed by atoms with Crippen molar-refractivity contribution in [2.24, 2.45) is 11.1 Å². The van der Waals surface area contributed by atoms with E-state index >= 15 is 0 Å². The zero-order valence-corrected chi connectivity index (χ0v) is 12.6. The molecule has 0 saturated carbocycles. The van der Waals surface area contributed by atoms with Crippen molar-refractivity contribution in [2.75, 3.05) is 19.6 Å². The maximum absolute atomic E-state index is 13.5. The van der Waals surface area contributed by atoms with Gasteiger partial charge in [0, 0.05) is 32.0 Å². The molecule has 1 heterocycles. The molecule has 6 heteroatoms. The molecule has 22 heavy (non-hydrogen) atoms. The molecule has 2 N–H and O–H groups in total. The van der Waals surface area contributed by atoms with Gasteiger partial charge in [0.15, 0.2) is 5.78 Å². The monoisotopic (exact) mass is 310 g/mol. The van der Waals surface area contributed by atoms with Crippen molar-refractivity contribution in [1.29, 1.82) is 0 Å². The Morgan fingerprint density at radius 2 is 2.05 bits per heavy atom. The first-order valence-corrected chi connectivity index (χ1v) is 7.31. The molecular formula is C16H20F2N2O2. The minimum absolute atomic E-state index is 0.0241. The van der Waals surface area contributed by atoms with E-state index in [4.69, 9.17) is 5.73 Å². The fourth-order valence-electron chi connectivity index (χ4n) is 2.63. The van der Waals surface area contributed by atoms with E-state index in [1.807, 2.05) is 6.92 Å². The van der Waals surface area contributed by atoms with Gasteiger partial charge in [-0.1, -0.05) is 6.92 Å². The normalized spacial score (nSPS) is 21.2. The van der Waals surface area contributed by atoms with E-state index in [2.05, 4.69) is 0 Å². The van der Waals surface area contributed by atoms with Crippen LogP contribution in [-0.2, 0) is 4.79 Å². The van der Waals surface area contributed by atoms with Crippen LogP contribution in [0.3, 0.4) is 0 Å². The van der Waals surface area contributed by atoms with E-state index < -0.39 is 17.4 Å². The number of ketones is 1. The van der Waals surface area contributed by atoms with Crippen LogP contribution in [0.15, 0.2) is 18.2 Å². The van der Waals surface area contributed by atoms with Crippen LogP contribution >= 0.6 is 0 Å². The lowest BCUT2D eigenvalue weighted by Gasteiger charge is -2.22. The molecule has 4 nitrogen and oxygen atoms in total. The molecule has 1 atom stereocenters. The minimum Gasteiger partial charge on any atom is -0.342 e. The van der Waals surface area contributed by atoms with Gasteiger partial charge in [-0.25, -0.2) is 8.78 Å². The largest absolute Gasteiger partial charge is 0.342 e. The van der Waals surface area contributed by atoms with Crippen LogP contribution in [0.2, 0.25) is 0 Å². The van der Waals surface area contributed by atoms with Crippen LogP contribution < -0.4 is 5.73 Å². The molecule has 0 radical (unpaired) electrons. The number of hydrogen-bond donors (Lipinski definition) is 1. The number of hydrogen-bond acceptors (Lipinski definition) is 3. The van der Waals surface area contributed by atoms with Gasteiger partial charge < -0.3 is 10.6 Å². The van der Waals surface area contributed by atoms with Crippen molar-refractivity contribution in [2.45, 2.75) is 26.2 Å². The van der Waals surface area contributed by atoms with Crippen LogP contribution in [0.4, 0.5) is 8.78 Å². The highest BCUT2D eigenvalue weighted by Crippen LogP contribution is 2.29. The molecule has 1 fully saturated rings. The molecule has 120 valence electrons. The van der Waals surface area contributed by atoms with E-state index in [1.165, 1.54) is 0 Å². The van der Waals surface area contributed by atoms with Crippen molar-refractivity contribution in [3.05, 3.63) is 35.4 Å². The number of likely N-dealkylation sites (tertiary alicyclic amines) is 1. The Morgan fingerprint density at radius 3 is 2.64 bits per heavy atom. The summed E-state index contributed by atoms with van der Waals surface area (Å²) in [6.45, 7) is 3.75. The lowest BCUT2D eigenvalue weighted by atomic mass is 9.90. The summed E-state index contributed by atoms with van der Waals surface area (Å²) in [5.74, 6) is -2.25. The fraction of sp³-hybridized carbons (Fsp3) is 0.500. The van der Waals surface area contributed by atoms with Gasteiger partial charge in [0.2, 0.25) is 5.91 Å². The summed E-state index contributed by atoms with van der Waals surface area (Å²) in [6, 6.07) is 2.81. The molecule has 1 unspecified atom stereocenters. The standard InChI is InChI=1S/C16H20F2N2O2/c1-16(9-19)6-7-20(10-16)15(22)5-4-14(21)12-3-2-11(17)8-13(12)18/h2-3,8H,4-7,9-10,19H2,1H3. The Balaban J connectivity index is 1.90. The van der Waals surface area contributed by atoms with Gasteiger partial charge in [-0.3, -0.25) is 9.59 Å². The first-order valence-electron chi connectivity index (χ1n) is 7.31. The Morgan fingerprint density at radius 1 is 1.32 bits per heavy atom. The Kier molecular flexibility index (Phi) is 4.90. The van der Waals surface area contributed by atoms with Crippen LogP contribution in [0, 0.1) is 17.0 Å². The molecule has 1 aromatic rings. The lowest BCUT2D eigenvalue weighted by molar-refractivity contribution is -0.130. The molecule has 1 aromatic carbocycles. The van der Waals surface area contributed by atoms with Crippen molar-refractivity contribution < 1.29 is 18.4 Å². The quantitative estimate of drug-likeness (QED) is 0.847. The third-order valence-electron chi connectivity index (χ3n) is 4.20. The fourth-order valence-corrected chi connectivity index (χ4v) is 2.63. The van der Waals surface area contributed by atoms with E-state index in [9.17, 15) is 18.4 Å². The van der Waals surface area contributed by atoms with Crippen molar-refractivity contribution >= 4 is 11.7 Å². The summed E-state index contributed by atoms with van der Waals surface area (Å²) in [7, 11) is 0. The van der Waals surface area contributed by atoms with E-state index in [1.54, 1.807) is 4.90 Å². The number of halogens is 2. The SMILES string of the molecule is CC1(CN)CCN(C(=O)CCC(=O)c2ccc(F)cc2F)C1. The number of benzene rings is 1. The Bertz CT molecular complexity index is 592. The van der Waals surface area contributed by atoms with Gasteiger partial charge in [-0.2, -0.15) is 0 Å². The van der Waals surface area contributed by atoms with Crippen LogP contribution in [-0.4, -0.2) is 36.2 Å². The van der Waals surface area contributed by atoms with Gasteiger partial charge in [-0.15, -0.1) is 0 Å². The molecule has 1 saturated heterocycles. The van der Waals surface area contributed by atoms with Gasteiger partial charge >= 0.3 is 0 Å². The van der Waals surface area contributed by atoms with E-state index in [0.717, 1.165) is 18.6 Å². The highest BCUT2D eigenvalue weighted by Gasteiger charge is 2.34. The first kappa shape index (κ1) is 16.5. The number of carbonyl (C=O) groups excluding carboxylic acids is 2. The third kappa shape index (κ3) is 3.68. The summed E-state index contributed by atoms with van der Waals surface area (Å²) in [6.07, 6.45) is 0.781. The zero-order valence-electron chi connectivity index (χ0n) is 12.6. The third-order valence-corrected chi connectivity index (χ3v) is 4.20. The maximum Gasteiger partial charge on any atom is 0.223 e. The van der Waals surface area contributed by atoms with Gasteiger partial charge in [0.1, 0.15) is 11.6 Å². The number of carbonyl (C=O) groups is 2. The number of Topliss-reactive ketones (excluding diaryl/α,β-unsaturated/α-hetero) is 1. The second kappa shape index (κ2) is 6.52. The van der Waals surface area contributed by atoms with Gasteiger partial charge in [-0.05, 0) is 30.5 Å². The summed E-state index contributed by atoms with van der Waals surface area (Å²) in [5, 5.41) is 0. The number of amides is 1. The Labute approximate surface area is 128 Å². The molecule has 0 bridgehead atoms. The minimum atomic E-state index is -0.894. The molecule has 2 rings (SSSR count). The molecule has 1 amide bonds. The highest BCUT2D eigenvalue weighted by atomic mass is 19.1. The van der Waals surface area contributed by atoms with Gasteiger partial charge in [0.25, 0.3) is 0 Å². The summed E-state index contributed by atoms with van der Waals surface area (Å²) < 4.78 is 26.3. The highest BCUT2D eigenvalue weighted by molar-refractivity contribution is 5.98. The lowest BCUT2D eigenvalue weighted by Crippen LogP contribution is -2.34. The van der Waals surface area contributed by atoms with Crippen molar-refractivity contribution in [1.82, 2.24) is 4.90 Å². The second-order valence-corrected chi connectivity index (χ2v) is 6.13. The second-order valence-electron chi connectivity index (χ2n) is 6.13. The molecule has 0 aliphatic carbocycles.